The molecule has 1 N–H and O–H groups in total. The van der Waals surface area contributed by atoms with Crippen LogP contribution < -0.4 is 5.32 Å². The first-order valence-corrected chi connectivity index (χ1v) is 7.47. The first-order valence-electron chi connectivity index (χ1n) is 7.47. The Hall–Kier alpha value is -0.0400. The lowest BCUT2D eigenvalue weighted by atomic mass is 9.89. The fourth-order valence-corrected chi connectivity index (χ4v) is 2.88. The van der Waals surface area contributed by atoms with Gasteiger partial charge in [0.25, 0.3) is 0 Å². The molecule has 0 spiro atoms. The van der Waals surface area contributed by atoms with E-state index in [4.69, 9.17) is 0 Å². The molecule has 0 aromatic rings. The molecule has 1 nitrogen and oxygen atoms in total. The van der Waals surface area contributed by atoms with E-state index in [1.54, 1.807) is 0 Å². The van der Waals surface area contributed by atoms with Crippen LogP contribution in [0.5, 0.6) is 0 Å². The highest BCUT2D eigenvalue weighted by atomic mass is 14.9. The topological polar surface area (TPSA) is 12.0 Å². The highest BCUT2D eigenvalue weighted by Crippen LogP contribution is 2.28. The fraction of sp³-hybridized carbons (Fsp3) is 1.00. The third kappa shape index (κ3) is 5.34. The molecule has 0 amide bonds. The molecular weight excluding hydrogens is 194 g/mol. The molecule has 0 aromatic carbocycles. The minimum atomic E-state index is 0.820. The normalized spacial score (nSPS) is 27.0. The summed E-state index contributed by atoms with van der Waals surface area (Å²) in [4.78, 5) is 0. The minimum Gasteiger partial charge on any atom is -0.314 e. The summed E-state index contributed by atoms with van der Waals surface area (Å²) in [5.41, 5.74) is 0. The number of unbranched alkanes of at least 4 members (excludes halogenated alkanes) is 2. The SMILES string of the molecule is CCCCCNC1CCCC(C(C)C)CC1. The third-order valence-corrected chi connectivity index (χ3v) is 4.17. The fourth-order valence-electron chi connectivity index (χ4n) is 2.88. The lowest BCUT2D eigenvalue weighted by Crippen LogP contribution is -2.29. The van der Waals surface area contributed by atoms with Crippen molar-refractivity contribution in [1.82, 2.24) is 5.32 Å². The zero-order valence-electron chi connectivity index (χ0n) is 11.6. The summed E-state index contributed by atoms with van der Waals surface area (Å²) in [5.74, 6) is 1.88. The summed E-state index contributed by atoms with van der Waals surface area (Å²) >= 11 is 0. The summed E-state index contributed by atoms with van der Waals surface area (Å²) < 4.78 is 0. The van der Waals surface area contributed by atoms with Gasteiger partial charge in [-0.15, -0.1) is 0 Å². The molecule has 96 valence electrons. The summed E-state index contributed by atoms with van der Waals surface area (Å²) in [7, 11) is 0. The van der Waals surface area contributed by atoms with Crippen LogP contribution in [0.15, 0.2) is 0 Å². The van der Waals surface area contributed by atoms with E-state index in [1.165, 1.54) is 57.9 Å². The van der Waals surface area contributed by atoms with Gasteiger partial charge in [0.2, 0.25) is 0 Å². The molecule has 2 atom stereocenters. The second kappa shape index (κ2) is 8.11. The molecule has 0 aliphatic heterocycles. The van der Waals surface area contributed by atoms with Gasteiger partial charge in [-0.05, 0) is 44.1 Å². The maximum Gasteiger partial charge on any atom is 0.00671 e. The van der Waals surface area contributed by atoms with Crippen LogP contribution in [0.25, 0.3) is 0 Å². The smallest absolute Gasteiger partial charge is 0.00671 e. The van der Waals surface area contributed by atoms with Gasteiger partial charge in [0.05, 0.1) is 0 Å². The van der Waals surface area contributed by atoms with Gasteiger partial charge in [0.1, 0.15) is 0 Å². The molecular formula is C15H31N. The Labute approximate surface area is 102 Å². The quantitative estimate of drug-likeness (QED) is 0.523. The average molecular weight is 225 g/mol. The molecule has 0 heterocycles. The van der Waals surface area contributed by atoms with Crippen molar-refractivity contribution >= 4 is 0 Å². The maximum absolute atomic E-state index is 3.76. The van der Waals surface area contributed by atoms with Crippen molar-refractivity contribution in [2.75, 3.05) is 6.54 Å². The number of rotatable bonds is 6. The van der Waals surface area contributed by atoms with Gasteiger partial charge in [-0.1, -0.05) is 46.5 Å². The van der Waals surface area contributed by atoms with Crippen molar-refractivity contribution in [3.05, 3.63) is 0 Å². The summed E-state index contributed by atoms with van der Waals surface area (Å²) in [5, 5.41) is 3.76. The molecule has 2 unspecified atom stereocenters. The first kappa shape index (κ1) is 14.0. The minimum absolute atomic E-state index is 0.820. The maximum atomic E-state index is 3.76. The largest absolute Gasteiger partial charge is 0.314 e. The van der Waals surface area contributed by atoms with Crippen molar-refractivity contribution in [2.45, 2.75) is 78.2 Å². The van der Waals surface area contributed by atoms with Crippen LogP contribution in [0.3, 0.4) is 0 Å². The van der Waals surface area contributed by atoms with Crippen LogP contribution in [0.1, 0.15) is 72.1 Å². The van der Waals surface area contributed by atoms with Crippen LogP contribution in [0.4, 0.5) is 0 Å². The molecule has 0 bridgehead atoms. The van der Waals surface area contributed by atoms with Gasteiger partial charge in [-0.2, -0.15) is 0 Å². The summed E-state index contributed by atoms with van der Waals surface area (Å²) in [6.45, 7) is 8.29. The molecule has 1 saturated carbocycles. The standard InChI is InChI=1S/C15H31N/c1-4-5-6-12-16-15-9-7-8-14(10-11-15)13(2)3/h13-16H,4-12H2,1-3H3. The molecule has 0 radical (unpaired) electrons. The van der Waals surface area contributed by atoms with Crippen molar-refractivity contribution in [1.29, 1.82) is 0 Å². The predicted molar refractivity (Wildman–Crippen MR) is 72.7 cm³/mol. The number of nitrogens with one attached hydrogen (secondary N) is 1. The van der Waals surface area contributed by atoms with Crippen molar-refractivity contribution in [3.8, 4) is 0 Å². The molecule has 0 saturated heterocycles. The van der Waals surface area contributed by atoms with Gasteiger partial charge < -0.3 is 5.32 Å². The molecule has 0 aromatic heterocycles. The van der Waals surface area contributed by atoms with Gasteiger partial charge >= 0.3 is 0 Å². The van der Waals surface area contributed by atoms with E-state index >= 15 is 0 Å². The van der Waals surface area contributed by atoms with E-state index in [9.17, 15) is 0 Å². The van der Waals surface area contributed by atoms with Crippen LogP contribution in [-0.4, -0.2) is 12.6 Å². The number of hydrogen-bond acceptors (Lipinski definition) is 1. The third-order valence-electron chi connectivity index (χ3n) is 4.17. The molecule has 1 heteroatoms. The lowest BCUT2D eigenvalue weighted by Gasteiger charge is -2.19. The van der Waals surface area contributed by atoms with Gasteiger partial charge in [0, 0.05) is 6.04 Å². The van der Waals surface area contributed by atoms with Crippen LogP contribution in [0.2, 0.25) is 0 Å². The molecule has 1 fully saturated rings. The Morgan fingerprint density at radius 3 is 2.56 bits per heavy atom. The Balaban J connectivity index is 2.15. The Morgan fingerprint density at radius 1 is 1.06 bits per heavy atom. The zero-order valence-corrected chi connectivity index (χ0v) is 11.6. The van der Waals surface area contributed by atoms with Gasteiger partial charge in [-0.3, -0.25) is 0 Å². The van der Waals surface area contributed by atoms with Gasteiger partial charge in [0.15, 0.2) is 0 Å². The Bertz CT molecular complexity index is 165. The van der Waals surface area contributed by atoms with Crippen LogP contribution in [-0.2, 0) is 0 Å². The monoisotopic (exact) mass is 225 g/mol. The van der Waals surface area contributed by atoms with Crippen molar-refractivity contribution in [3.63, 3.8) is 0 Å². The highest BCUT2D eigenvalue weighted by molar-refractivity contribution is 4.76. The predicted octanol–water partition coefficient (Wildman–Crippen LogP) is 4.37. The second-order valence-electron chi connectivity index (χ2n) is 5.87. The van der Waals surface area contributed by atoms with Crippen LogP contribution in [0, 0.1) is 11.8 Å². The molecule has 1 rings (SSSR count). The van der Waals surface area contributed by atoms with E-state index in [-0.39, 0.29) is 0 Å². The van der Waals surface area contributed by atoms with Crippen molar-refractivity contribution in [2.24, 2.45) is 11.8 Å². The van der Waals surface area contributed by atoms with E-state index in [2.05, 4.69) is 26.1 Å². The summed E-state index contributed by atoms with van der Waals surface area (Å²) in [6.07, 6.45) is 11.3. The number of hydrogen-bond donors (Lipinski definition) is 1. The zero-order chi connectivity index (χ0) is 11.8. The van der Waals surface area contributed by atoms with Crippen LogP contribution >= 0.6 is 0 Å². The molecule has 16 heavy (non-hydrogen) atoms. The molecule has 1 aliphatic carbocycles. The lowest BCUT2D eigenvalue weighted by molar-refractivity contribution is 0.337. The Kier molecular flexibility index (Phi) is 7.11. The average Bonchev–Trinajstić information content (AvgIpc) is 2.50. The van der Waals surface area contributed by atoms with Gasteiger partial charge in [-0.25, -0.2) is 0 Å². The van der Waals surface area contributed by atoms with Crippen molar-refractivity contribution < 1.29 is 0 Å². The highest BCUT2D eigenvalue weighted by Gasteiger charge is 2.20. The second-order valence-corrected chi connectivity index (χ2v) is 5.87. The van der Waals surface area contributed by atoms with E-state index in [0.29, 0.717) is 0 Å². The molecule has 1 aliphatic rings. The van der Waals surface area contributed by atoms with E-state index < -0.39 is 0 Å². The first-order chi connectivity index (χ1) is 7.74. The Morgan fingerprint density at radius 2 is 1.88 bits per heavy atom. The summed E-state index contributed by atoms with van der Waals surface area (Å²) in [6, 6.07) is 0.820. The van der Waals surface area contributed by atoms with E-state index in [0.717, 1.165) is 17.9 Å². The van der Waals surface area contributed by atoms with E-state index in [1.807, 2.05) is 0 Å².